The van der Waals surface area contributed by atoms with Gasteiger partial charge in [-0.15, -0.1) is 24.8 Å². The predicted molar refractivity (Wildman–Crippen MR) is 112 cm³/mol. The second-order valence-electron chi connectivity index (χ2n) is 7.07. The number of hydrogen-bond acceptors (Lipinski definition) is 4. The summed E-state index contributed by atoms with van der Waals surface area (Å²) in [7, 11) is 0. The zero-order valence-electron chi connectivity index (χ0n) is 15.1. The minimum absolute atomic E-state index is 0. The van der Waals surface area contributed by atoms with Crippen molar-refractivity contribution >= 4 is 54.0 Å². The Kier molecular flexibility index (Phi) is 9.81. The average Bonchev–Trinajstić information content (AvgIpc) is 2.63. The summed E-state index contributed by atoms with van der Waals surface area (Å²) in [5.74, 6) is 0.654. The van der Waals surface area contributed by atoms with Crippen LogP contribution in [0.2, 0.25) is 5.02 Å². The maximum absolute atomic E-state index is 12.6. The van der Waals surface area contributed by atoms with E-state index in [1.165, 1.54) is 6.20 Å². The molecule has 0 aromatic carbocycles. The number of nitrogens with two attached hydrogens (primary N) is 1. The van der Waals surface area contributed by atoms with Gasteiger partial charge >= 0.3 is 0 Å². The number of amides is 2. The number of nitrogens with one attached hydrogen (secondary N) is 1. The van der Waals surface area contributed by atoms with Crippen molar-refractivity contribution in [3.8, 4) is 0 Å². The summed E-state index contributed by atoms with van der Waals surface area (Å²) in [6.45, 7) is 1.27. The summed E-state index contributed by atoms with van der Waals surface area (Å²) >= 11 is 5.80. The van der Waals surface area contributed by atoms with Gasteiger partial charge in [0.05, 0.1) is 5.02 Å². The molecule has 6 nitrogen and oxygen atoms in total. The van der Waals surface area contributed by atoms with E-state index in [2.05, 4.69) is 10.3 Å². The van der Waals surface area contributed by atoms with Crippen molar-refractivity contribution in [2.24, 2.45) is 17.6 Å². The molecule has 0 bridgehead atoms. The van der Waals surface area contributed by atoms with Gasteiger partial charge in [-0.2, -0.15) is 0 Å². The lowest BCUT2D eigenvalue weighted by Gasteiger charge is -2.35. The van der Waals surface area contributed by atoms with Gasteiger partial charge in [0.1, 0.15) is 5.82 Å². The molecule has 2 amide bonds. The number of aromatic nitrogens is 1. The van der Waals surface area contributed by atoms with Crippen molar-refractivity contribution < 1.29 is 9.59 Å². The van der Waals surface area contributed by atoms with Crippen LogP contribution in [0.3, 0.4) is 0 Å². The molecule has 3 N–H and O–H groups in total. The lowest BCUT2D eigenvalue weighted by atomic mass is 9.84. The molecule has 3 rings (SSSR count). The second-order valence-corrected chi connectivity index (χ2v) is 7.51. The molecular formula is C18H27Cl3N4O2. The van der Waals surface area contributed by atoms with Crippen LogP contribution in [0.4, 0.5) is 5.82 Å². The minimum atomic E-state index is -0.0878. The van der Waals surface area contributed by atoms with E-state index in [4.69, 9.17) is 17.3 Å². The molecule has 1 saturated heterocycles. The van der Waals surface area contributed by atoms with Gasteiger partial charge in [-0.05, 0) is 44.2 Å². The van der Waals surface area contributed by atoms with Gasteiger partial charge < -0.3 is 16.0 Å². The molecule has 2 atom stereocenters. The van der Waals surface area contributed by atoms with Crippen LogP contribution in [0.5, 0.6) is 0 Å². The zero-order chi connectivity index (χ0) is 17.8. The summed E-state index contributed by atoms with van der Waals surface area (Å²) in [5.41, 5.74) is 6.00. The molecule has 1 aliphatic carbocycles. The molecule has 2 unspecified atom stereocenters. The van der Waals surface area contributed by atoms with Gasteiger partial charge in [0.2, 0.25) is 11.8 Å². The molecule has 2 fully saturated rings. The third-order valence-electron chi connectivity index (χ3n) is 5.22. The highest BCUT2D eigenvalue weighted by Gasteiger charge is 2.32. The van der Waals surface area contributed by atoms with Crippen molar-refractivity contribution in [3.05, 3.63) is 23.4 Å². The minimum Gasteiger partial charge on any atom is -0.342 e. The van der Waals surface area contributed by atoms with E-state index in [9.17, 15) is 9.59 Å². The molecule has 1 saturated carbocycles. The molecule has 0 spiro atoms. The van der Waals surface area contributed by atoms with Crippen LogP contribution < -0.4 is 11.1 Å². The fraction of sp³-hybridized carbons (Fsp3) is 0.611. The number of carbonyl (C=O) groups excluding carboxylic acids is 2. The predicted octanol–water partition coefficient (Wildman–Crippen LogP) is 3.27. The zero-order valence-corrected chi connectivity index (χ0v) is 17.5. The van der Waals surface area contributed by atoms with Gasteiger partial charge in [-0.1, -0.05) is 18.0 Å². The molecule has 0 radical (unpaired) electrons. The fourth-order valence-corrected chi connectivity index (χ4v) is 3.86. The van der Waals surface area contributed by atoms with Gasteiger partial charge in [0.25, 0.3) is 0 Å². The average molecular weight is 438 g/mol. The number of carbonyl (C=O) groups is 2. The topological polar surface area (TPSA) is 88.3 Å². The van der Waals surface area contributed by atoms with E-state index in [0.717, 1.165) is 25.7 Å². The van der Waals surface area contributed by atoms with E-state index < -0.39 is 0 Å². The van der Waals surface area contributed by atoms with Crippen molar-refractivity contribution in [2.45, 2.75) is 44.6 Å². The van der Waals surface area contributed by atoms with Crippen molar-refractivity contribution in [2.75, 3.05) is 18.4 Å². The van der Waals surface area contributed by atoms with E-state index >= 15 is 0 Å². The number of rotatable bonds is 3. The van der Waals surface area contributed by atoms with Crippen LogP contribution in [0.25, 0.3) is 0 Å². The van der Waals surface area contributed by atoms with E-state index in [1.54, 1.807) is 12.1 Å². The second kappa shape index (κ2) is 11.1. The molecule has 2 aliphatic rings. The van der Waals surface area contributed by atoms with Crippen molar-refractivity contribution in [3.63, 3.8) is 0 Å². The SMILES string of the molecule is Cl.Cl.NC1CCCC(C(=O)N2CCC(C(=O)Nc3ccc(Cl)cn3)CC2)C1. The lowest BCUT2D eigenvalue weighted by Crippen LogP contribution is -2.45. The summed E-state index contributed by atoms with van der Waals surface area (Å²) in [6, 6.07) is 3.53. The first kappa shape index (κ1) is 24.0. The molecule has 27 heavy (non-hydrogen) atoms. The maximum Gasteiger partial charge on any atom is 0.228 e. The Balaban J connectivity index is 0.00000182. The highest BCUT2D eigenvalue weighted by atomic mass is 35.5. The van der Waals surface area contributed by atoms with E-state index in [1.807, 2.05) is 4.90 Å². The van der Waals surface area contributed by atoms with Crippen LogP contribution >= 0.6 is 36.4 Å². The Morgan fingerprint density at radius 1 is 1.11 bits per heavy atom. The molecule has 1 aliphatic heterocycles. The quantitative estimate of drug-likeness (QED) is 0.759. The number of nitrogens with zero attached hydrogens (tertiary/aromatic N) is 2. The summed E-state index contributed by atoms with van der Waals surface area (Å²) < 4.78 is 0. The number of pyridine rings is 1. The van der Waals surface area contributed by atoms with Crippen LogP contribution in [0.15, 0.2) is 18.3 Å². The molecule has 1 aromatic rings. The van der Waals surface area contributed by atoms with E-state index in [-0.39, 0.29) is 54.5 Å². The van der Waals surface area contributed by atoms with Gasteiger partial charge in [-0.25, -0.2) is 4.98 Å². The molecule has 152 valence electrons. The van der Waals surface area contributed by atoms with Gasteiger partial charge in [0, 0.05) is 37.2 Å². The molecular weight excluding hydrogens is 411 g/mol. The Bertz CT molecular complexity index is 622. The fourth-order valence-electron chi connectivity index (χ4n) is 3.75. The molecule has 1 aromatic heterocycles. The number of halogens is 3. The normalized spacial score (nSPS) is 23.0. The van der Waals surface area contributed by atoms with Crippen LogP contribution in [-0.4, -0.2) is 40.8 Å². The Morgan fingerprint density at radius 3 is 2.41 bits per heavy atom. The highest BCUT2D eigenvalue weighted by molar-refractivity contribution is 6.30. The number of piperidine rings is 1. The molecule has 2 heterocycles. The summed E-state index contributed by atoms with van der Waals surface area (Å²) in [4.78, 5) is 31.0. The van der Waals surface area contributed by atoms with Crippen LogP contribution in [-0.2, 0) is 9.59 Å². The maximum atomic E-state index is 12.6. The number of anilines is 1. The Morgan fingerprint density at radius 2 is 1.81 bits per heavy atom. The first-order valence-corrected chi connectivity index (χ1v) is 9.37. The van der Waals surface area contributed by atoms with Gasteiger partial charge in [0.15, 0.2) is 0 Å². The lowest BCUT2D eigenvalue weighted by molar-refractivity contribution is -0.139. The highest BCUT2D eigenvalue weighted by Crippen LogP contribution is 2.27. The molecule has 9 heteroatoms. The summed E-state index contributed by atoms with van der Waals surface area (Å²) in [5, 5.41) is 3.36. The Hall–Kier alpha value is -1.08. The van der Waals surface area contributed by atoms with Crippen molar-refractivity contribution in [1.82, 2.24) is 9.88 Å². The standard InChI is InChI=1S/C18H25ClN4O2.2ClH/c19-14-4-5-16(21-11-14)22-17(24)12-6-8-23(9-7-12)18(25)13-2-1-3-15(20)10-13;;/h4-5,11-13,15H,1-3,6-10,20H2,(H,21,22,24);2*1H. The first-order valence-electron chi connectivity index (χ1n) is 8.99. The van der Waals surface area contributed by atoms with Crippen LogP contribution in [0, 0.1) is 11.8 Å². The number of likely N-dealkylation sites (tertiary alicyclic amines) is 1. The summed E-state index contributed by atoms with van der Waals surface area (Å²) in [6.07, 6.45) is 6.66. The van der Waals surface area contributed by atoms with Crippen LogP contribution in [0.1, 0.15) is 38.5 Å². The number of hydrogen-bond donors (Lipinski definition) is 2. The third-order valence-corrected chi connectivity index (χ3v) is 5.44. The largest absolute Gasteiger partial charge is 0.342 e. The first-order chi connectivity index (χ1) is 12.0. The van der Waals surface area contributed by atoms with E-state index in [0.29, 0.717) is 36.8 Å². The Labute approximate surface area is 177 Å². The smallest absolute Gasteiger partial charge is 0.228 e. The monoisotopic (exact) mass is 436 g/mol. The van der Waals surface area contributed by atoms with Gasteiger partial charge in [-0.3, -0.25) is 9.59 Å². The van der Waals surface area contributed by atoms with Crippen molar-refractivity contribution in [1.29, 1.82) is 0 Å². The third kappa shape index (κ3) is 6.49.